The van der Waals surface area contributed by atoms with Gasteiger partial charge in [-0.05, 0) is 104 Å². The first kappa shape index (κ1) is 27.3. The summed E-state index contributed by atoms with van der Waals surface area (Å²) in [4.78, 5) is 26.3. The summed E-state index contributed by atoms with van der Waals surface area (Å²) in [6.07, 6.45) is 12.3. The average Bonchev–Trinajstić information content (AvgIpc) is 3.44. The largest absolute Gasteiger partial charge is 0.399 e. The molecule has 1 aliphatic heterocycles. The SMILES string of the molecule is CCC(=O)[C@@]12OC(C3CC4(Cc5cccc(N)c5)CCC34)O[C@@H]1C[C@H]1[C@@H]3CCC4=CC(=O)C=C[C@]4(C)[C@H]3[C@@H](O)C[C@@]12C. The second-order valence-electron chi connectivity index (χ2n) is 15.4. The highest BCUT2D eigenvalue weighted by atomic mass is 16.7. The zero-order valence-electron chi connectivity index (χ0n) is 25.2. The molecule has 0 amide bonds. The molecule has 6 aliphatic carbocycles. The van der Waals surface area contributed by atoms with Crippen LogP contribution in [0.25, 0.3) is 0 Å². The quantitative estimate of drug-likeness (QED) is 0.448. The Kier molecular flexibility index (Phi) is 5.77. The molecular weight excluding hydrogens is 526 g/mol. The molecule has 1 aromatic carbocycles. The van der Waals surface area contributed by atoms with Crippen molar-refractivity contribution in [1.29, 1.82) is 0 Å². The van der Waals surface area contributed by atoms with Crippen molar-refractivity contribution in [1.82, 2.24) is 0 Å². The van der Waals surface area contributed by atoms with Crippen LogP contribution >= 0.6 is 0 Å². The number of ether oxygens (including phenoxy) is 2. The van der Waals surface area contributed by atoms with Crippen molar-refractivity contribution >= 4 is 17.3 Å². The summed E-state index contributed by atoms with van der Waals surface area (Å²) in [5.41, 5.74) is 7.82. The van der Waals surface area contributed by atoms with Gasteiger partial charge in [0.15, 0.2) is 23.5 Å². The minimum Gasteiger partial charge on any atom is -0.399 e. The third-order valence-corrected chi connectivity index (χ3v) is 13.7. The molecule has 42 heavy (non-hydrogen) atoms. The lowest BCUT2D eigenvalue weighted by Crippen LogP contribution is -2.64. The zero-order chi connectivity index (χ0) is 29.2. The Morgan fingerprint density at radius 1 is 1.14 bits per heavy atom. The van der Waals surface area contributed by atoms with Crippen molar-refractivity contribution in [3.8, 4) is 0 Å². The number of benzene rings is 1. The van der Waals surface area contributed by atoms with Gasteiger partial charge in [0.1, 0.15) is 0 Å². The summed E-state index contributed by atoms with van der Waals surface area (Å²) in [5.74, 6) is 1.54. The lowest BCUT2D eigenvalue weighted by atomic mass is 9.41. The summed E-state index contributed by atoms with van der Waals surface area (Å²) < 4.78 is 14.0. The number of fused-ring (bicyclic) bond motifs is 8. The van der Waals surface area contributed by atoms with Crippen LogP contribution in [0.4, 0.5) is 5.69 Å². The van der Waals surface area contributed by atoms with Gasteiger partial charge in [-0.15, -0.1) is 0 Å². The molecule has 1 heterocycles. The van der Waals surface area contributed by atoms with Crippen molar-refractivity contribution in [2.75, 3.05) is 5.73 Å². The molecule has 0 radical (unpaired) electrons. The topological polar surface area (TPSA) is 98.9 Å². The first-order chi connectivity index (χ1) is 20.0. The Balaban J connectivity index is 1.07. The lowest BCUT2D eigenvalue weighted by Gasteiger charge is -2.65. The van der Waals surface area contributed by atoms with Gasteiger partial charge in [0.05, 0.1) is 12.2 Å². The van der Waals surface area contributed by atoms with E-state index in [4.69, 9.17) is 15.2 Å². The van der Waals surface area contributed by atoms with Gasteiger partial charge in [-0.3, -0.25) is 9.59 Å². The number of nitrogen functional groups attached to an aromatic ring is 1. The number of Topliss-reactive ketones (excluding diaryl/α,β-unsaturated/α-hetero) is 1. The molecule has 1 aromatic rings. The maximum absolute atomic E-state index is 14.1. The molecule has 7 aliphatic rings. The second-order valence-corrected chi connectivity index (χ2v) is 15.4. The van der Waals surface area contributed by atoms with Crippen molar-refractivity contribution < 1.29 is 24.2 Å². The number of carbonyl (C=O) groups is 2. The highest BCUT2D eigenvalue weighted by Gasteiger charge is 2.77. The van der Waals surface area contributed by atoms with Gasteiger partial charge >= 0.3 is 0 Å². The summed E-state index contributed by atoms with van der Waals surface area (Å²) in [7, 11) is 0. The zero-order valence-corrected chi connectivity index (χ0v) is 25.2. The highest BCUT2D eigenvalue weighted by Crippen LogP contribution is 2.73. The minimum atomic E-state index is -1.01. The third kappa shape index (κ3) is 3.32. The predicted molar refractivity (Wildman–Crippen MR) is 159 cm³/mol. The van der Waals surface area contributed by atoms with Crippen LogP contribution < -0.4 is 5.73 Å². The molecule has 224 valence electrons. The Morgan fingerprint density at radius 3 is 2.69 bits per heavy atom. The van der Waals surface area contributed by atoms with E-state index in [0.29, 0.717) is 30.1 Å². The molecule has 0 aromatic heterocycles. The van der Waals surface area contributed by atoms with Crippen molar-refractivity contribution in [2.24, 2.45) is 45.8 Å². The summed E-state index contributed by atoms with van der Waals surface area (Å²) in [6.45, 7) is 6.36. The molecular formula is C36H45NO5. The van der Waals surface area contributed by atoms with Gasteiger partial charge in [-0.25, -0.2) is 0 Å². The van der Waals surface area contributed by atoms with Crippen LogP contribution in [0.3, 0.4) is 0 Å². The summed E-state index contributed by atoms with van der Waals surface area (Å²) in [5, 5.41) is 11.9. The van der Waals surface area contributed by atoms with Gasteiger partial charge in [0.25, 0.3) is 0 Å². The van der Waals surface area contributed by atoms with Gasteiger partial charge in [0.2, 0.25) is 0 Å². The molecule has 6 fully saturated rings. The van der Waals surface area contributed by atoms with E-state index in [9.17, 15) is 14.7 Å². The van der Waals surface area contributed by atoms with E-state index in [-0.39, 0.29) is 47.1 Å². The van der Waals surface area contributed by atoms with Crippen LogP contribution in [-0.2, 0) is 25.5 Å². The number of ketones is 2. The molecule has 6 nitrogen and oxygen atoms in total. The van der Waals surface area contributed by atoms with E-state index in [2.05, 4.69) is 26.0 Å². The monoisotopic (exact) mass is 571 g/mol. The van der Waals surface area contributed by atoms with Gasteiger partial charge in [0, 0.05) is 34.8 Å². The van der Waals surface area contributed by atoms with E-state index in [0.717, 1.165) is 43.4 Å². The number of nitrogens with two attached hydrogens (primary N) is 1. The van der Waals surface area contributed by atoms with Crippen LogP contribution in [0.1, 0.15) is 77.7 Å². The minimum absolute atomic E-state index is 0.0255. The Hall–Kier alpha value is -2.28. The van der Waals surface area contributed by atoms with Crippen LogP contribution in [0.2, 0.25) is 0 Å². The van der Waals surface area contributed by atoms with E-state index in [1.54, 1.807) is 12.2 Å². The molecule has 12 atom stereocenters. The van der Waals surface area contributed by atoms with E-state index in [1.807, 2.05) is 25.1 Å². The average molecular weight is 572 g/mol. The number of allylic oxidation sites excluding steroid dienone is 4. The van der Waals surface area contributed by atoms with Crippen molar-refractivity contribution in [2.45, 2.75) is 103 Å². The maximum atomic E-state index is 14.1. The number of aliphatic hydroxyl groups excluding tert-OH is 1. The molecule has 0 spiro atoms. The predicted octanol–water partition coefficient (Wildman–Crippen LogP) is 5.58. The standard InChI is InChI=1S/C36H45NO5/c1-4-29(40)36-30(41-32(42-36)25-18-35(13-11-26(25)35)17-20-6-5-7-22(37)14-20)16-27-24-9-8-21-15-23(38)10-12-33(21,2)31(24)28(39)19-34(27,36)3/h5-7,10,12,14-15,24-28,30-32,39H,4,8-9,11,13,16-19,37H2,1-3H3/t24-,25?,26?,27-,28-,30+,31+,32?,33-,34-,35?,36+/m0/s1. The number of rotatable bonds is 5. The fraction of sp³-hybridized carbons (Fsp3) is 0.667. The van der Waals surface area contributed by atoms with Gasteiger partial charge < -0.3 is 20.3 Å². The Labute approximate surface area is 249 Å². The van der Waals surface area contributed by atoms with Crippen LogP contribution in [0, 0.1) is 45.8 Å². The maximum Gasteiger partial charge on any atom is 0.178 e. The fourth-order valence-corrected chi connectivity index (χ4v) is 11.8. The second kappa shape index (κ2) is 8.89. The number of anilines is 1. The highest BCUT2D eigenvalue weighted by molar-refractivity contribution is 6.01. The molecule has 3 N–H and O–H groups in total. The van der Waals surface area contributed by atoms with E-state index in [1.165, 1.54) is 18.4 Å². The van der Waals surface area contributed by atoms with Crippen LogP contribution in [0.5, 0.6) is 0 Å². The summed E-state index contributed by atoms with van der Waals surface area (Å²) >= 11 is 0. The Bertz CT molecular complexity index is 1420. The van der Waals surface area contributed by atoms with Gasteiger partial charge in [-0.2, -0.15) is 0 Å². The molecule has 8 rings (SSSR count). The Morgan fingerprint density at radius 2 is 1.98 bits per heavy atom. The number of carbonyl (C=O) groups excluding carboxylic acids is 2. The molecule has 0 bridgehead atoms. The normalized spacial score (nSPS) is 49.9. The number of hydrogen-bond donors (Lipinski definition) is 2. The first-order valence-corrected chi connectivity index (χ1v) is 16.4. The van der Waals surface area contributed by atoms with Gasteiger partial charge in [-0.1, -0.05) is 44.6 Å². The first-order valence-electron chi connectivity index (χ1n) is 16.4. The number of hydrogen-bond acceptors (Lipinski definition) is 6. The third-order valence-electron chi connectivity index (χ3n) is 13.7. The molecule has 1 saturated heterocycles. The number of aliphatic hydroxyl groups is 1. The lowest BCUT2D eigenvalue weighted by molar-refractivity contribution is -0.256. The smallest absolute Gasteiger partial charge is 0.178 e. The fourth-order valence-electron chi connectivity index (χ4n) is 11.8. The molecule has 6 heteroatoms. The van der Waals surface area contributed by atoms with E-state index >= 15 is 0 Å². The summed E-state index contributed by atoms with van der Waals surface area (Å²) in [6, 6.07) is 8.28. The van der Waals surface area contributed by atoms with Crippen molar-refractivity contribution in [3.05, 3.63) is 53.6 Å². The van der Waals surface area contributed by atoms with Crippen molar-refractivity contribution in [3.63, 3.8) is 0 Å². The van der Waals surface area contributed by atoms with E-state index < -0.39 is 17.1 Å². The molecule has 5 saturated carbocycles. The van der Waals surface area contributed by atoms with Crippen LogP contribution in [-0.4, -0.2) is 40.8 Å². The van der Waals surface area contributed by atoms with Crippen LogP contribution in [0.15, 0.2) is 48.1 Å². The molecule has 4 unspecified atom stereocenters.